The number of esters is 1. The Morgan fingerprint density at radius 2 is 1.73 bits per heavy atom. The maximum Gasteiger partial charge on any atom is 0.309 e. The van der Waals surface area contributed by atoms with Gasteiger partial charge in [0, 0.05) is 12.3 Å². The molecule has 0 spiro atoms. The predicted octanol–water partition coefficient (Wildman–Crippen LogP) is 4.25. The van der Waals surface area contributed by atoms with Crippen LogP contribution in [0.15, 0.2) is 0 Å². The minimum absolute atomic E-state index is 0.0721. The third-order valence-corrected chi connectivity index (χ3v) is 8.07. The van der Waals surface area contributed by atoms with Crippen LogP contribution >= 0.6 is 0 Å². The van der Waals surface area contributed by atoms with Crippen molar-refractivity contribution in [3.8, 4) is 0 Å². The van der Waals surface area contributed by atoms with E-state index in [2.05, 4.69) is 20.8 Å². The van der Waals surface area contributed by atoms with Gasteiger partial charge in [0.1, 0.15) is 5.60 Å². The van der Waals surface area contributed by atoms with Crippen molar-refractivity contribution in [2.24, 2.45) is 23.2 Å². The summed E-state index contributed by atoms with van der Waals surface area (Å²) in [5, 5.41) is 0. The molecule has 4 heteroatoms. The van der Waals surface area contributed by atoms with Gasteiger partial charge in [0.05, 0.1) is 30.3 Å². The molecule has 8 unspecified atom stereocenters. The number of carbonyl (C=O) groups excluding carboxylic acids is 1. The van der Waals surface area contributed by atoms with Gasteiger partial charge in [-0.3, -0.25) is 4.79 Å². The molecule has 0 aromatic rings. The van der Waals surface area contributed by atoms with E-state index in [1.54, 1.807) is 0 Å². The molecule has 0 radical (unpaired) electrons. The first kappa shape index (κ1) is 17.5. The van der Waals surface area contributed by atoms with Gasteiger partial charge < -0.3 is 14.2 Å². The van der Waals surface area contributed by atoms with Crippen molar-refractivity contribution in [2.75, 3.05) is 0 Å². The molecular formula is C22H34O4. The standard InChI is InChI=1S/C22H34O4/c1-13-9-17-18(25-17)10-15(13)22(8-6-16-19(12-22)24-16)26-20(23)14-5-4-7-21(2,3)11-14/h13-19H,4-12H2,1-3H3. The molecule has 2 saturated heterocycles. The predicted molar refractivity (Wildman–Crippen MR) is 97.6 cm³/mol. The molecule has 8 atom stereocenters. The fraction of sp³-hybridized carbons (Fsp3) is 0.955. The second-order valence-corrected chi connectivity index (χ2v) is 10.7. The Bertz CT molecular complexity index is 587. The highest BCUT2D eigenvalue weighted by Crippen LogP contribution is 2.55. The number of fused-ring (bicyclic) bond motifs is 2. The minimum Gasteiger partial charge on any atom is -0.458 e. The zero-order valence-corrected chi connectivity index (χ0v) is 16.5. The normalized spacial score (nSPS) is 51.7. The van der Waals surface area contributed by atoms with Crippen LogP contribution in [-0.2, 0) is 19.0 Å². The number of carbonyl (C=O) groups is 1. The lowest BCUT2D eigenvalue weighted by Crippen LogP contribution is -2.51. The first-order valence-electron chi connectivity index (χ1n) is 10.9. The van der Waals surface area contributed by atoms with Crippen LogP contribution in [0.1, 0.15) is 78.6 Å². The number of hydrogen-bond donors (Lipinski definition) is 0. The van der Waals surface area contributed by atoms with Crippen molar-refractivity contribution >= 4 is 5.97 Å². The minimum atomic E-state index is -0.313. The molecule has 0 bridgehead atoms. The molecule has 146 valence electrons. The zero-order chi connectivity index (χ0) is 18.1. The first-order valence-corrected chi connectivity index (χ1v) is 10.9. The van der Waals surface area contributed by atoms with Crippen LogP contribution in [-0.4, -0.2) is 36.0 Å². The van der Waals surface area contributed by atoms with E-state index >= 15 is 0 Å². The van der Waals surface area contributed by atoms with Crippen molar-refractivity contribution < 1.29 is 19.0 Å². The smallest absolute Gasteiger partial charge is 0.309 e. The van der Waals surface area contributed by atoms with Gasteiger partial charge >= 0.3 is 5.97 Å². The third kappa shape index (κ3) is 3.11. The summed E-state index contributed by atoms with van der Waals surface area (Å²) >= 11 is 0. The van der Waals surface area contributed by atoms with E-state index in [-0.39, 0.29) is 22.9 Å². The Labute approximate surface area is 157 Å². The molecular weight excluding hydrogens is 328 g/mol. The van der Waals surface area contributed by atoms with Gasteiger partial charge in [0.15, 0.2) is 0 Å². The summed E-state index contributed by atoms with van der Waals surface area (Å²) in [6, 6.07) is 0. The lowest BCUT2D eigenvalue weighted by molar-refractivity contribution is -0.182. The van der Waals surface area contributed by atoms with Crippen molar-refractivity contribution in [3.63, 3.8) is 0 Å². The summed E-state index contributed by atoms with van der Waals surface area (Å²) in [7, 11) is 0. The molecule has 5 rings (SSSR count). The van der Waals surface area contributed by atoms with Crippen LogP contribution < -0.4 is 0 Å². The highest BCUT2D eigenvalue weighted by atomic mass is 16.6. The van der Waals surface area contributed by atoms with Gasteiger partial charge in [0.2, 0.25) is 0 Å². The summed E-state index contributed by atoms with van der Waals surface area (Å²) in [6.45, 7) is 6.92. The molecule has 3 saturated carbocycles. The molecule has 5 fully saturated rings. The molecule has 3 aliphatic carbocycles. The van der Waals surface area contributed by atoms with Gasteiger partial charge in [-0.05, 0) is 56.3 Å². The lowest BCUT2D eigenvalue weighted by atomic mass is 9.65. The van der Waals surface area contributed by atoms with Crippen LogP contribution in [0, 0.1) is 23.2 Å². The highest BCUT2D eigenvalue weighted by molar-refractivity contribution is 5.73. The number of epoxide rings is 2. The molecule has 0 amide bonds. The molecule has 26 heavy (non-hydrogen) atoms. The van der Waals surface area contributed by atoms with E-state index in [1.165, 1.54) is 6.42 Å². The molecule has 0 aromatic carbocycles. The fourth-order valence-corrected chi connectivity index (χ4v) is 6.47. The maximum absolute atomic E-state index is 13.2. The van der Waals surface area contributed by atoms with Gasteiger partial charge in [-0.2, -0.15) is 0 Å². The fourth-order valence-electron chi connectivity index (χ4n) is 6.47. The van der Waals surface area contributed by atoms with Crippen molar-refractivity contribution in [1.82, 2.24) is 0 Å². The summed E-state index contributed by atoms with van der Waals surface area (Å²) in [5.41, 5.74) is -0.0494. The average molecular weight is 363 g/mol. The monoisotopic (exact) mass is 362 g/mol. The van der Waals surface area contributed by atoms with Crippen LogP contribution in [0.3, 0.4) is 0 Å². The maximum atomic E-state index is 13.2. The quantitative estimate of drug-likeness (QED) is 0.556. The second-order valence-electron chi connectivity index (χ2n) is 10.7. The van der Waals surface area contributed by atoms with Gasteiger partial charge in [-0.1, -0.05) is 27.2 Å². The SMILES string of the molecule is CC1CC2OC2CC1C1(OC(=O)C2CCCC(C)(C)C2)CCC2OC2C1. The lowest BCUT2D eigenvalue weighted by Gasteiger charge is -2.46. The Balaban J connectivity index is 1.35. The number of rotatable bonds is 3. The summed E-state index contributed by atoms with van der Waals surface area (Å²) in [4.78, 5) is 13.2. The topological polar surface area (TPSA) is 51.4 Å². The van der Waals surface area contributed by atoms with Crippen molar-refractivity contribution in [1.29, 1.82) is 0 Å². The van der Waals surface area contributed by atoms with E-state index in [1.807, 2.05) is 0 Å². The van der Waals surface area contributed by atoms with E-state index in [0.717, 1.165) is 51.4 Å². The summed E-state index contributed by atoms with van der Waals surface area (Å²) in [5.74, 6) is 1.14. The first-order chi connectivity index (χ1) is 12.4. The van der Waals surface area contributed by atoms with Gasteiger partial charge in [-0.25, -0.2) is 0 Å². The van der Waals surface area contributed by atoms with Crippen LogP contribution in [0.5, 0.6) is 0 Å². The third-order valence-electron chi connectivity index (χ3n) is 8.07. The molecule has 5 aliphatic rings. The van der Waals surface area contributed by atoms with E-state index in [4.69, 9.17) is 14.2 Å². The Kier molecular flexibility index (Phi) is 4.00. The highest BCUT2D eigenvalue weighted by Gasteiger charge is 2.60. The number of hydrogen-bond acceptors (Lipinski definition) is 4. The molecule has 0 aromatic heterocycles. The molecule has 2 heterocycles. The average Bonchev–Trinajstić information content (AvgIpc) is 3.47. The van der Waals surface area contributed by atoms with Crippen LogP contribution in [0.4, 0.5) is 0 Å². The van der Waals surface area contributed by atoms with Crippen LogP contribution in [0.2, 0.25) is 0 Å². The Hall–Kier alpha value is -0.610. The van der Waals surface area contributed by atoms with Crippen molar-refractivity contribution in [3.05, 3.63) is 0 Å². The summed E-state index contributed by atoms with van der Waals surface area (Å²) < 4.78 is 18.2. The summed E-state index contributed by atoms with van der Waals surface area (Å²) in [6.07, 6.45) is 11.1. The largest absolute Gasteiger partial charge is 0.458 e. The van der Waals surface area contributed by atoms with E-state index < -0.39 is 0 Å². The number of ether oxygens (including phenoxy) is 3. The Morgan fingerprint density at radius 3 is 2.50 bits per heavy atom. The van der Waals surface area contributed by atoms with E-state index in [0.29, 0.717) is 36.3 Å². The van der Waals surface area contributed by atoms with Gasteiger partial charge in [-0.15, -0.1) is 0 Å². The molecule has 2 aliphatic heterocycles. The second kappa shape index (κ2) is 5.94. The van der Waals surface area contributed by atoms with Crippen LogP contribution in [0.25, 0.3) is 0 Å². The molecule has 4 nitrogen and oxygen atoms in total. The zero-order valence-electron chi connectivity index (χ0n) is 16.5. The Morgan fingerprint density at radius 1 is 0.962 bits per heavy atom. The molecule has 0 N–H and O–H groups in total. The van der Waals surface area contributed by atoms with Gasteiger partial charge in [0.25, 0.3) is 0 Å². The van der Waals surface area contributed by atoms with Crippen molar-refractivity contribution in [2.45, 2.75) is 109 Å². The van der Waals surface area contributed by atoms with E-state index in [9.17, 15) is 4.79 Å².